The second-order valence-corrected chi connectivity index (χ2v) is 6.49. The number of hydrogen-bond acceptors (Lipinski definition) is 2. The molecule has 0 fully saturated rings. The molecule has 0 aliphatic rings. The normalized spacial score (nSPS) is 10.4. The van der Waals surface area contributed by atoms with Gasteiger partial charge in [0.1, 0.15) is 5.82 Å². The average molecular weight is 379 g/mol. The summed E-state index contributed by atoms with van der Waals surface area (Å²) in [6.45, 7) is 0.558. The Morgan fingerprint density at radius 3 is 2.48 bits per heavy atom. The lowest BCUT2D eigenvalue weighted by atomic mass is 10.1. The van der Waals surface area contributed by atoms with Crippen molar-refractivity contribution >= 4 is 27.5 Å². The van der Waals surface area contributed by atoms with Gasteiger partial charge in [0.05, 0.1) is 0 Å². The van der Waals surface area contributed by atoms with E-state index in [-0.39, 0.29) is 5.91 Å². The molecule has 5 heteroatoms. The third-order valence-electron chi connectivity index (χ3n) is 3.51. The van der Waals surface area contributed by atoms with Crippen molar-refractivity contribution in [3.05, 3.63) is 63.9 Å². The molecule has 23 heavy (non-hydrogen) atoms. The van der Waals surface area contributed by atoms with Crippen molar-refractivity contribution in [1.29, 1.82) is 0 Å². The Hall–Kier alpha value is -1.88. The van der Waals surface area contributed by atoms with Crippen LogP contribution in [0.25, 0.3) is 0 Å². The second kappa shape index (κ2) is 8.11. The van der Waals surface area contributed by atoms with E-state index >= 15 is 0 Å². The fraction of sp³-hybridized carbons (Fsp3) is 0.278. The van der Waals surface area contributed by atoms with E-state index in [9.17, 15) is 9.18 Å². The Kier molecular flexibility index (Phi) is 6.16. The predicted molar refractivity (Wildman–Crippen MR) is 95.5 cm³/mol. The Morgan fingerprint density at radius 1 is 1.17 bits per heavy atom. The SMILES string of the molecule is CN(C)c1ccc(CCCNC(=O)c2cc(F)cc(Br)c2)cc1. The summed E-state index contributed by atoms with van der Waals surface area (Å²) < 4.78 is 13.8. The number of anilines is 1. The molecule has 3 nitrogen and oxygen atoms in total. The van der Waals surface area contributed by atoms with Gasteiger partial charge in [-0.1, -0.05) is 28.1 Å². The van der Waals surface area contributed by atoms with Crippen molar-refractivity contribution in [2.45, 2.75) is 12.8 Å². The van der Waals surface area contributed by atoms with Crippen LogP contribution in [-0.2, 0) is 6.42 Å². The van der Waals surface area contributed by atoms with E-state index in [0.29, 0.717) is 16.6 Å². The molecule has 0 heterocycles. The van der Waals surface area contributed by atoms with E-state index in [2.05, 4.69) is 50.4 Å². The number of aryl methyl sites for hydroxylation is 1. The van der Waals surface area contributed by atoms with Crippen LogP contribution in [0.3, 0.4) is 0 Å². The maximum atomic E-state index is 13.3. The number of halogens is 2. The van der Waals surface area contributed by atoms with E-state index in [1.807, 2.05) is 14.1 Å². The van der Waals surface area contributed by atoms with Gasteiger partial charge in [-0.05, 0) is 48.7 Å². The zero-order chi connectivity index (χ0) is 16.8. The number of amides is 1. The molecule has 0 aliphatic carbocycles. The minimum atomic E-state index is -0.425. The van der Waals surface area contributed by atoms with Crippen LogP contribution in [0.4, 0.5) is 10.1 Å². The molecule has 1 N–H and O–H groups in total. The van der Waals surface area contributed by atoms with Gasteiger partial charge in [0.25, 0.3) is 5.91 Å². The largest absolute Gasteiger partial charge is 0.378 e. The highest BCUT2D eigenvalue weighted by Crippen LogP contribution is 2.15. The predicted octanol–water partition coefficient (Wildman–Crippen LogP) is 4.02. The van der Waals surface area contributed by atoms with E-state index < -0.39 is 5.82 Å². The van der Waals surface area contributed by atoms with Crippen LogP contribution in [0.15, 0.2) is 46.9 Å². The van der Waals surface area contributed by atoms with E-state index in [1.165, 1.54) is 23.4 Å². The molecule has 0 bridgehead atoms. The second-order valence-electron chi connectivity index (χ2n) is 5.58. The summed E-state index contributed by atoms with van der Waals surface area (Å²) in [6, 6.07) is 12.5. The first-order chi connectivity index (χ1) is 11.0. The molecule has 0 aliphatic heterocycles. The molecule has 122 valence electrons. The highest BCUT2D eigenvalue weighted by atomic mass is 79.9. The first-order valence-electron chi connectivity index (χ1n) is 7.46. The minimum Gasteiger partial charge on any atom is -0.378 e. The van der Waals surface area contributed by atoms with Crippen molar-refractivity contribution in [3.8, 4) is 0 Å². The summed E-state index contributed by atoms with van der Waals surface area (Å²) in [6.07, 6.45) is 1.73. The zero-order valence-electron chi connectivity index (χ0n) is 13.3. The summed E-state index contributed by atoms with van der Waals surface area (Å²) in [5.74, 6) is -0.682. The van der Waals surface area contributed by atoms with Crippen LogP contribution in [-0.4, -0.2) is 26.5 Å². The van der Waals surface area contributed by atoms with E-state index in [1.54, 1.807) is 6.07 Å². The Labute approximate surface area is 144 Å². The van der Waals surface area contributed by atoms with Crippen molar-refractivity contribution < 1.29 is 9.18 Å². The fourth-order valence-electron chi connectivity index (χ4n) is 2.24. The lowest BCUT2D eigenvalue weighted by Gasteiger charge is -2.12. The zero-order valence-corrected chi connectivity index (χ0v) is 14.9. The van der Waals surface area contributed by atoms with Gasteiger partial charge in [-0.25, -0.2) is 4.39 Å². The minimum absolute atomic E-state index is 0.256. The number of carbonyl (C=O) groups is 1. The topological polar surface area (TPSA) is 32.3 Å². The number of benzene rings is 2. The lowest BCUT2D eigenvalue weighted by Crippen LogP contribution is -2.24. The van der Waals surface area contributed by atoms with Gasteiger partial charge in [-0.3, -0.25) is 4.79 Å². The summed E-state index contributed by atoms with van der Waals surface area (Å²) >= 11 is 3.19. The Morgan fingerprint density at radius 2 is 1.87 bits per heavy atom. The number of hydrogen-bond donors (Lipinski definition) is 1. The summed E-state index contributed by atoms with van der Waals surface area (Å²) in [4.78, 5) is 14.0. The molecule has 1 amide bonds. The maximum absolute atomic E-state index is 13.3. The summed E-state index contributed by atoms with van der Waals surface area (Å²) in [5, 5.41) is 2.82. The first kappa shape index (κ1) is 17.5. The average Bonchev–Trinajstić information content (AvgIpc) is 2.50. The molecule has 2 rings (SSSR count). The molecule has 0 radical (unpaired) electrons. The highest BCUT2D eigenvalue weighted by Gasteiger charge is 2.07. The van der Waals surface area contributed by atoms with Crippen LogP contribution in [0.2, 0.25) is 0 Å². The van der Waals surface area contributed by atoms with Gasteiger partial charge in [-0.2, -0.15) is 0 Å². The third kappa shape index (κ3) is 5.36. The van der Waals surface area contributed by atoms with Gasteiger partial charge in [-0.15, -0.1) is 0 Å². The Bertz CT molecular complexity index is 651. The first-order valence-corrected chi connectivity index (χ1v) is 8.25. The molecule has 0 unspecified atom stereocenters. The van der Waals surface area contributed by atoms with Crippen LogP contribution in [0, 0.1) is 5.82 Å². The molecule has 2 aromatic rings. The van der Waals surface area contributed by atoms with Crippen molar-refractivity contribution in [2.75, 3.05) is 25.5 Å². The van der Waals surface area contributed by atoms with Crippen molar-refractivity contribution in [3.63, 3.8) is 0 Å². The van der Waals surface area contributed by atoms with Crippen molar-refractivity contribution in [2.24, 2.45) is 0 Å². The van der Waals surface area contributed by atoms with Crippen LogP contribution >= 0.6 is 15.9 Å². The molecule has 2 aromatic carbocycles. The van der Waals surface area contributed by atoms with Gasteiger partial charge in [0.2, 0.25) is 0 Å². The highest BCUT2D eigenvalue weighted by molar-refractivity contribution is 9.10. The summed E-state index contributed by atoms with van der Waals surface area (Å²) in [7, 11) is 4.02. The Balaban J connectivity index is 1.79. The van der Waals surface area contributed by atoms with Crippen LogP contribution in [0.5, 0.6) is 0 Å². The number of nitrogens with zero attached hydrogens (tertiary/aromatic N) is 1. The van der Waals surface area contributed by atoms with E-state index in [4.69, 9.17) is 0 Å². The van der Waals surface area contributed by atoms with Gasteiger partial charge >= 0.3 is 0 Å². The molecular formula is C18H20BrFN2O. The quantitative estimate of drug-likeness (QED) is 0.769. The van der Waals surface area contributed by atoms with Crippen LogP contribution < -0.4 is 10.2 Å². The molecular weight excluding hydrogens is 359 g/mol. The van der Waals surface area contributed by atoms with Gasteiger partial charge in [0, 0.05) is 36.4 Å². The number of carbonyl (C=O) groups excluding carboxylic acids is 1. The summed E-state index contributed by atoms with van der Waals surface area (Å²) in [5.41, 5.74) is 2.73. The van der Waals surface area contributed by atoms with Gasteiger partial charge < -0.3 is 10.2 Å². The smallest absolute Gasteiger partial charge is 0.251 e. The molecule has 0 saturated heterocycles. The number of nitrogens with one attached hydrogen (secondary N) is 1. The van der Waals surface area contributed by atoms with E-state index in [0.717, 1.165) is 12.8 Å². The third-order valence-corrected chi connectivity index (χ3v) is 3.96. The molecule has 0 atom stereocenters. The molecule has 0 spiro atoms. The van der Waals surface area contributed by atoms with Crippen molar-refractivity contribution in [1.82, 2.24) is 5.32 Å². The van der Waals surface area contributed by atoms with Crippen LogP contribution in [0.1, 0.15) is 22.3 Å². The standard InChI is InChI=1S/C18H20BrFN2O/c1-22(2)17-7-5-13(6-8-17)4-3-9-21-18(23)14-10-15(19)12-16(20)11-14/h5-8,10-12H,3-4,9H2,1-2H3,(H,21,23). The fourth-order valence-corrected chi connectivity index (χ4v) is 2.71. The maximum Gasteiger partial charge on any atom is 0.251 e. The molecule has 0 saturated carbocycles. The lowest BCUT2D eigenvalue weighted by molar-refractivity contribution is 0.0952. The number of rotatable bonds is 6. The van der Waals surface area contributed by atoms with Gasteiger partial charge in [0.15, 0.2) is 0 Å². The molecule has 0 aromatic heterocycles. The monoisotopic (exact) mass is 378 g/mol.